The van der Waals surface area contributed by atoms with Crippen molar-refractivity contribution in [2.75, 3.05) is 26.7 Å². The summed E-state index contributed by atoms with van der Waals surface area (Å²) in [4.78, 5) is 32.8. The van der Waals surface area contributed by atoms with E-state index in [1.54, 1.807) is 13.2 Å². The predicted molar refractivity (Wildman–Crippen MR) is 103 cm³/mol. The van der Waals surface area contributed by atoms with Crippen molar-refractivity contribution >= 4 is 5.91 Å². The van der Waals surface area contributed by atoms with Crippen LogP contribution in [0.3, 0.4) is 0 Å². The number of nitrogens with one attached hydrogen (secondary N) is 2. The first-order chi connectivity index (χ1) is 13.2. The fourth-order valence-electron chi connectivity index (χ4n) is 3.50. The quantitative estimate of drug-likeness (QED) is 0.774. The van der Waals surface area contributed by atoms with E-state index in [4.69, 9.17) is 4.74 Å². The van der Waals surface area contributed by atoms with Crippen LogP contribution in [0, 0.1) is 0 Å². The number of aromatic amines is 1. The van der Waals surface area contributed by atoms with Crippen molar-refractivity contribution in [3.05, 3.63) is 58.3 Å². The van der Waals surface area contributed by atoms with Crippen LogP contribution in [0.15, 0.2) is 41.5 Å². The molecule has 0 radical (unpaired) electrons. The fourth-order valence-corrected chi connectivity index (χ4v) is 3.50. The molecule has 1 fully saturated rings. The summed E-state index contributed by atoms with van der Waals surface area (Å²) in [5, 5.41) is 2.96. The van der Waals surface area contributed by atoms with Gasteiger partial charge in [-0.1, -0.05) is 18.2 Å². The topological polar surface area (TPSA) is 87.3 Å². The second kappa shape index (κ2) is 9.32. The number of rotatable bonds is 7. The van der Waals surface area contributed by atoms with E-state index in [2.05, 4.69) is 20.2 Å². The Morgan fingerprint density at radius 1 is 1.41 bits per heavy atom. The van der Waals surface area contributed by atoms with Gasteiger partial charge in [-0.15, -0.1) is 0 Å². The number of likely N-dealkylation sites (tertiary alicyclic amines) is 1. The summed E-state index contributed by atoms with van der Waals surface area (Å²) in [5.41, 5.74) is 1.68. The third-order valence-corrected chi connectivity index (χ3v) is 4.95. The average molecular weight is 370 g/mol. The molecule has 2 N–H and O–H groups in total. The van der Waals surface area contributed by atoms with Gasteiger partial charge in [-0.2, -0.15) is 0 Å². The second-order valence-corrected chi connectivity index (χ2v) is 6.81. The lowest BCUT2D eigenvalue weighted by Crippen LogP contribution is -2.37. The SMILES string of the molecule is COc1ccccc1CNC(=O)CCN1CCC[C@H](c2cc(=O)[nH]cn2)C1. The molecule has 27 heavy (non-hydrogen) atoms. The van der Waals surface area contributed by atoms with E-state index < -0.39 is 0 Å². The molecule has 0 saturated carbocycles. The Hall–Kier alpha value is -2.67. The molecule has 7 nitrogen and oxygen atoms in total. The van der Waals surface area contributed by atoms with Crippen LogP contribution in [0.2, 0.25) is 0 Å². The van der Waals surface area contributed by atoms with Gasteiger partial charge in [-0.05, 0) is 25.5 Å². The van der Waals surface area contributed by atoms with Crippen molar-refractivity contribution in [3.63, 3.8) is 0 Å². The molecule has 2 heterocycles. The predicted octanol–water partition coefficient (Wildman–Crippen LogP) is 1.66. The molecule has 1 saturated heterocycles. The number of carbonyl (C=O) groups excluding carboxylic acids is 1. The number of hydrogen-bond acceptors (Lipinski definition) is 5. The highest BCUT2D eigenvalue weighted by atomic mass is 16.5. The van der Waals surface area contributed by atoms with Gasteiger partial charge in [0.05, 0.1) is 19.1 Å². The highest BCUT2D eigenvalue weighted by Gasteiger charge is 2.22. The molecule has 0 bridgehead atoms. The van der Waals surface area contributed by atoms with E-state index in [-0.39, 0.29) is 17.4 Å². The highest BCUT2D eigenvalue weighted by molar-refractivity contribution is 5.76. The molecule has 1 atom stereocenters. The Balaban J connectivity index is 1.46. The van der Waals surface area contributed by atoms with Crippen molar-refractivity contribution in [1.82, 2.24) is 20.2 Å². The minimum Gasteiger partial charge on any atom is -0.496 e. The second-order valence-electron chi connectivity index (χ2n) is 6.81. The van der Waals surface area contributed by atoms with Crippen LogP contribution < -0.4 is 15.6 Å². The van der Waals surface area contributed by atoms with Crippen molar-refractivity contribution < 1.29 is 9.53 Å². The number of aromatic nitrogens is 2. The molecular weight excluding hydrogens is 344 g/mol. The standard InChI is InChI=1S/C20H26N4O3/c1-27-18-7-3-2-5-15(18)12-21-19(25)8-10-24-9-4-6-16(13-24)17-11-20(26)23-14-22-17/h2-3,5,7,11,14,16H,4,6,8-10,12-13H2,1H3,(H,21,25)(H,22,23,26)/t16-/m0/s1. The first kappa shape index (κ1) is 19.1. The summed E-state index contributed by atoms with van der Waals surface area (Å²) in [7, 11) is 1.63. The number of benzene rings is 1. The Morgan fingerprint density at radius 2 is 2.26 bits per heavy atom. The first-order valence-electron chi connectivity index (χ1n) is 9.31. The van der Waals surface area contributed by atoms with Gasteiger partial charge in [0.1, 0.15) is 5.75 Å². The van der Waals surface area contributed by atoms with E-state index in [0.29, 0.717) is 19.5 Å². The summed E-state index contributed by atoms with van der Waals surface area (Å²) in [6.45, 7) is 2.97. The zero-order valence-electron chi connectivity index (χ0n) is 15.6. The van der Waals surface area contributed by atoms with E-state index >= 15 is 0 Å². The normalized spacial score (nSPS) is 17.4. The Bertz CT molecular complexity index is 821. The van der Waals surface area contributed by atoms with Gasteiger partial charge in [0.15, 0.2) is 0 Å². The number of ether oxygens (including phenoxy) is 1. The van der Waals surface area contributed by atoms with Crippen molar-refractivity contribution in [1.29, 1.82) is 0 Å². The van der Waals surface area contributed by atoms with Crippen LogP contribution in [-0.4, -0.2) is 47.5 Å². The molecule has 1 aromatic carbocycles. The Morgan fingerprint density at radius 3 is 3.07 bits per heavy atom. The molecule has 1 amide bonds. The van der Waals surface area contributed by atoms with Crippen molar-refractivity contribution in [3.8, 4) is 5.75 Å². The fraction of sp³-hybridized carbons (Fsp3) is 0.450. The lowest BCUT2D eigenvalue weighted by Gasteiger charge is -2.32. The van der Waals surface area contributed by atoms with Gasteiger partial charge in [0, 0.05) is 43.6 Å². The molecule has 1 aliphatic heterocycles. The largest absolute Gasteiger partial charge is 0.496 e. The summed E-state index contributed by atoms with van der Waals surface area (Å²) in [6, 6.07) is 9.25. The molecule has 7 heteroatoms. The smallest absolute Gasteiger partial charge is 0.250 e. The average Bonchev–Trinajstić information content (AvgIpc) is 2.71. The monoisotopic (exact) mass is 370 g/mol. The van der Waals surface area contributed by atoms with Gasteiger partial charge in [0.2, 0.25) is 5.91 Å². The van der Waals surface area contributed by atoms with E-state index in [1.807, 2.05) is 24.3 Å². The molecule has 144 valence electrons. The first-order valence-corrected chi connectivity index (χ1v) is 9.31. The molecule has 0 aliphatic carbocycles. The Kier molecular flexibility index (Phi) is 6.59. The van der Waals surface area contributed by atoms with Gasteiger partial charge in [0.25, 0.3) is 5.56 Å². The number of carbonyl (C=O) groups is 1. The van der Waals surface area contributed by atoms with Crippen LogP contribution in [-0.2, 0) is 11.3 Å². The molecule has 1 aliphatic rings. The number of methoxy groups -OCH3 is 1. The van der Waals surface area contributed by atoms with Crippen molar-refractivity contribution in [2.45, 2.75) is 31.7 Å². The maximum Gasteiger partial charge on any atom is 0.250 e. The maximum atomic E-state index is 12.2. The number of amides is 1. The van der Waals surface area contributed by atoms with Crippen LogP contribution >= 0.6 is 0 Å². The van der Waals surface area contributed by atoms with Gasteiger partial charge in [-0.3, -0.25) is 9.59 Å². The maximum absolute atomic E-state index is 12.2. The van der Waals surface area contributed by atoms with Crippen LogP contribution in [0.4, 0.5) is 0 Å². The summed E-state index contributed by atoms with van der Waals surface area (Å²) >= 11 is 0. The number of H-pyrrole nitrogens is 1. The third kappa shape index (κ3) is 5.40. The minimum atomic E-state index is -0.118. The lowest BCUT2D eigenvalue weighted by atomic mass is 9.94. The lowest BCUT2D eigenvalue weighted by molar-refractivity contribution is -0.121. The summed E-state index contributed by atoms with van der Waals surface area (Å²) in [6.07, 6.45) is 3.97. The number of nitrogens with zero attached hydrogens (tertiary/aromatic N) is 2. The zero-order chi connectivity index (χ0) is 19.1. The van der Waals surface area contributed by atoms with Gasteiger partial charge < -0.3 is 19.9 Å². The van der Waals surface area contributed by atoms with Crippen LogP contribution in [0.5, 0.6) is 5.75 Å². The van der Waals surface area contributed by atoms with E-state index in [1.165, 1.54) is 6.33 Å². The van der Waals surface area contributed by atoms with Crippen LogP contribution in [0.1, 0.15) is 36.4 Å². The summed E-state index contributed by atoms with van der Waals surface area (Å²) < 4.78 is 5.31. The Labute approximate surface area is 158 Å². The summed E-state index contributed by atoms with van der Waals surface area (Å²) in [5.74, 6) is 1.05. The van der Waals surface area contributed by atoms with Crippen LogP contribution in [0.25, 0.3) is 0 Å². The molecule has 1 aromatic heterocycles. The molecule has 0 unspecified atom stereocenters. The number of piperidine rings is 1. The van der Waals surface area contributed by atoms with Crippen molar-refractivity contribution in [2.24, 2.45) is 0 Å². The minimum absolute atomic E-state index is 0.0253. The number of para-hydroxylation sites is 1. The molecule has 2 aromatic rings. The zero-order valence-corrected chi connectivity index (χ0v) is 15.6. The van der Waals surface area contributed by atoms with E-state index in [0.717, 1.165) is 42.9 Å². The van der Waals surface area contributed by atoms with E-state index in [9.17, 15) is 9.59 Å². The van der Waals surface area contributed by atoms with Gasteiger partial charge in [-0.25, -0.2) is 4.98 Å². The number of hydrogen-bond donors (Lipinski definition) is 2. The highest BCUT2D eigenvalue weighted by Crippen LogP contribution is 2.24. The molecular formula is C20H26N4O3. The van der Waals surface area contributed by atoms with Gasteiger partial charge >= 0.3 is 0 Å². The third-order valence-electron chi connectivity index (χ3n) is 4.95. The molecule has 3 rings (SSSR count). The molecule has 0 spiro atoms.